The summed E-state index contributed by atoms with van der Waals surface area (Å²) in [6.07, 6.45) is 3.21. The van der Waals surface area contributed by atoms with Crippen molar-refractivity contribution in [3.05, 3.63) is 70.7 Å². The van der Waals surface area contributed by atoms with Crippen LogP contribution in [0, 0.1) is 0 Å². The lowest BCUT2D eigenvalue weighted by Gasteiger charge is -2.17. The number of aromatic amines is 1. The van der Waals surface area contributed by atoms with E-state index in [1.54, 1.807) is 7.05 Å². The molecule has 2 aromatic carbocycles. The molecule has 0 aliphatic carbocycles. The van der Waals surface area contributed by atoms with Gasteiger partial charge in [0.15, 0.2) is 0 Å². The second kappa shape index (κ2) is 7.61. The first-order chi connectivity index (χ1) is 14.7. The summed E-state index contributed by atoms with van der Waals surface area (Å²) >= 11 is 1.54. The van der Waals surface area contributed by atoms with E-state index in [2.05, 4.69) is 22.4 Å². The molecule has 152 valence electrons. The highest BCUT2D eigenvalue weighted by atomic mass is 32.1. The summed E-state index contributed by atoms with van der Waals surface area (Å²) in [6.45, 7) is 1.38. The fourth-order valence-electron chi connectivity index (χ4n) is 4.53. The standard InChI is InChI=1S/C24H23N3O2S/c1-25-24(29)23-22(18-7-3-5-9-20(18)30-23)15-10-11-27(14-15)21(28)12-16-13-26-19-8-4-2-6-17(16)19/h2-9,13,15,26H,10-12,14H2,1H3,(H,25,29). The van der Waals surface area contributed by atoms with E-state index in [-0.39, 0.29) is 17.7 Å². The molecule has 1 atom stereocenters. The number of carbonyl (C=O) groups excluding carboxylic acids is 2. The number of hydrogen-bond donors (Lipinski definition) is 2. The zero-order chi connectivity index (χ0) is 20.7. The summed E-state index contributed by atoms with van der Waals surface area (Å²) in [5, 5.41) is 5.01. The number of nitrogens with one attached hydrogen (secondary N) is 2. The largest absolute Gasteiger partial charge is 0.361 e. The third-order valence-corrected chi connectivity index (χ3v) is 7.22. The van der Waals surface area contributed by atoms with E-state index in [1.165, 1.54) is 11.3 Å². The monoisotopic (exact) mass is 417 g/mol. The summed E-state index contributed by atoms with van der Waals surface area (Å²) in [6, 6.07) is 16.2. The number of carbonyl (C=O) groups is 2. The molecule has 5 rings (SSSR count). The van der Waals surface area contributed by atoms with Gasteiger partial charge < -0.3 is 15.2 Å². The van der Waals surface area contributed by atoms with Gasteiger partial charge in [-0.25, -0.2) is 0 Å². The summed E-state index contributed by atoms with van der Waals surface area (Å²) in [4.78, 5) is 31.5. The first-order valence-corrected chi connectivity index (χ1v) is 11.0. The molecule has 1 unspecified atom stereocenters. The van der Waals surface area contributed by atoms with Crippen LogP contribution in [0.5, 0.6) is 0 Å². The molecule has 3 heterocycles. The fourth-order valence-corrected chi connectivity index (χ4v) is 5.76. The Kier molecular flexibility index (Phi) is 4.79. The smallest absolute Gasteiger partial charge is 0.261 e. The van der Waals surface area contributed by atoms with Gasteiger partial charge in [-0.3, -0.25) is 9.59 Å². The van der Waals surface area contributed by atoms with Gasteiger partial charge in [0.2, 0.25) is 5.91 Å². The average molecular weight is 418 g/mol. The highest BCUT2D eigenvalue weighted by Crippen LogP contribution is 2.40. The molecule has 0 bridgehead atoms. The number of thiophene rings is 1. The molecule has 4 aromatic rings. The molecule has 2 amide bonds. The van der Waals surface area contributed by atoms with Gasteiger partial charge in [-0.2, -0.15) is 0 Å². The second-order valence-electron chi connectivity index (χ2n) is 7.78. The van der Waals surface area contributed by atoms with Gasteiger partial charge in [0.05, 0.1) is 11.3 Å². The number of H-pyrrole nitrogens is 1. The Balaban J connectivity index is 1.39. The topological polar surface area (TPSA) is 65.2 Å². The molecule has 5 nitrogen and oxygen atoms in total. The van der Waals surface area contributed by atoms with Gasteiger partial charge >= 0.3 is 0 Å². The molecule has 30 heavy (non-hydrogen) atoms. The van der Waals surface area contributed by atoms with Gasteiger partial charge in [-0.15, -0.1) is 11.3 Å². The summed E-state index contributed by atoms with van der Waals surface area (Å²) < 4.78 is 1.12. The lowest BCUT2D eigenvalue weighted by atomic mass is 9.95. The minimum absolute atomic E-state index is 0.0465. The zero-order valence-electron chi connectivity index (χ0n) is 16.8. The average Bonchev–Trinajstić information content (AvgIpc) is 3.50. The molecule has 2 aromatic heterocycles. The maximum absolute atomic E-state index is 13.0. The molecule has 6 heteroatoms. The molecule has 1 aliphatic rings. The predicted octanol–water partition coefficient (Wildman–Crippen LogP) is 4.30. The van der Waals surface area contributed by atoms with Crippen molar-refractivity contribution in [1.29, 1.82) is 0 Å². The number of hydrogen-bond acceptors (Lipinski definition) is 3. The number of benzene rings is 2. The Morgan fingerprint density at radius 2 is 1.90 bits per heavy atom. The van der Waals surface area contributed by atoms with E-state index in [9.17, 15) is 9.59 Å². The normalized spacial score (nSPS) is 16.4. The number of likely N-dealkylation sites (tertiary alicyclic amines) is 1. The van der Waals surface area contributed by atoms with Crippen molar-refractivity contribution in [1.82, 2.24) is 15.2 Å². The van der Waals surface area contributed by atoms with Crippen molar-refractivity contribution in [2.45, 2.75) is 18.8 Å². The van der Waals surface area contributed by atoms with Crippen LogP contribution in [0.15, 0.2) is 54.7 Å². The van der Waals surface area contributed by atoms with Gasteiger partial charge in [0, 0.05) is 47.9 Å². The molecular weight excluding hydrogens is 394 g/mol. The molecule has 1 saturated heterocycles. The van der Waals surface area contributed by atoms with Crippen LogP contribution in [0.1, 0.15) is 33.1 Å². The maximum Gasteiger partial charge on any atom is 0.261 e. The van der Waals surface area contributed by atoms with Crippen molar-refractivity contribution in [2.24, 2.45) is 0 Å². The quantitative estimate of drug-likeness (QED) is 0.520. The number of para-hydroxylation sites is 1. The first kappa shape index (κ1) is 18.9. The molecule has 1 aliphatic heterocycles. The Morgan fingerprint density at radius 1 is 1.13 bits per heavy atom. The number of nitrogens with zero attached hydrogens (tertiary/aromatic N) is 1. The minimum Gasteiger partial charge on any atom is -0.361 e. The van der Waals surface area contributed by atoms with Crippen molar-refractivity contribution in [3.8, 4) is 0 Å². The lowest BCUT2D eigenvalue weighted by molar-refractivity contribution is -0.129. The van der Waals surface area contributed by atoms with E-state index in [0.717, 1.165) is 50.0 Å². The van der Waals surface area contributed by atoms with Crippen LogP contribution in [0.2, 0.25) is 0 Å². The molecule has 1 fully saturated rings. The number of amides is 2. The van der Waals surface area contributed by atoms with Gasteiger partial charge in [-0.1, -0.05) is 36.4 Å². The predicted molar refractivity (Wildman–Crippen MR) is 121 cm³/mol. The van der Waals surface area contributed by atoms with Crippen LogP contribution in [-0.2, 0) is 11.2 Å². The van der Waals surface area contributed by atoms with Crippen LogP contribution in [0.3, 0.4) is 0 Å². The zero-order valence-corrected chi connectivity index (χ0v) is 17.6. The van der Waals surface area contributed by atoms with Crippen LogP contribution in [-0.4, -0.2) is 41.8 Å². The summed E-state index contributed by atoms with van der Waals surface area (Å²) in [5.41, 5.74) is 3.18. The molecule has 0 spiro atoms. The van der Waals surface area contributed by atoms with E-state index < -0.39 is 0 Å². The van der Waals surface area contributed by atoms with Crippen LogP contribution in [0.4, 0.5) is 0 Å². The Hall–Kier alpha value is -3.12. The lowest BCUT2D eigenvalue weighted by Crippen LogP contribution is -2.30. The first-order valence-electron chi connectivity index (χ1n) is 10.2. The highest BCUT2D eigenvalue weighted by molar-refractivity contribution is 7.21. The van der Waals surface area contributed by atoms with Crippen LogP contribution in [0.25, 0.3) is 21.0 Å². The highest BCUT2D eigenvalue weighted by Gasteiger charge is 2.32. The third-order valence-electron chi connectivity index (χ3n) is 6.03. The summed E-state index contributed by atoms with van der Waals surface area (Å²) in [7, 11) is 1.67. The maximum atomic E-state index is 13.0. The third kappa shape index (κ3) is 3.17. The Labute approximate surface area is 178 Å². The van der Waals surface area contributed by atoms with Crippen molar-refractivity contribution in [2.75, 3.05) is 20.1 Å². The number of rotatable bonds is 4. The molecule has 2 N–H and O–H groups in total. The second-order valence-corrected chi connectivity index (χ2v) is 8.83. The molecular formula is C24H23N3O2S. The molecule has 0 radical (unpaired) electrons. The number of aromatic nitrogens is 1. The summed E-state index contributed by atoms with van der Waals surface area (Å²) in [5.74, 6) is 0.276. The van der Waals surface area contributed by atoms with Gasteiger partial charge in [-0.05, 0) is 35.1 Å². The molecule has 0 saturated carbocycles. The Morgan fingerprint density at radius 3 is 2.73 bits per heavy atom. The number of fused-ring (bicyclic) bond motifs is 2. The van der Waals surface area contributed by atoms with E-state index in [4.69, 9.17) is 0 Å². The minimum atomic E-state index is -0.0465. The van der Waals surface area contributed by atoms with E-state index in [0.29, 0.717) is 13.0 Å². The Bertz CT molecular complexity index is 1260. The van der Waals surface area contributed by atoms with Gasteiger partial charge in [0.1, 0.15) is 0 Å². The van der Waals surface area contributed by atoms with E-state index in [1.807, 2.05) is 47.5 Å². The van der Waals surface area contributed by atoms with Crippen molar-refractivity contribution >= 4 is 44.1 Å². The van der Waals surface area contributed by atoms with Crippen LogP contribution >= 0.6 is 11.3 Å². The van der Waals surface area contributed by atoms with Crippen LogP contribution < -0.4 is 5.32 Å². The van der Waals surface area contributed by atoms with Crippen molar-refractivity contribution < 1.29 is 9.59 Å². The SMILES string of the molecule is CNC(=O)c1sc2ccccc2c1C1CCN(C(=O)Cc2c[nH]c3ccccc23)C1. The van der Waals surface area contributed by atoms with Gasteiger partial charge in [0.25, 0.3) is 5.91 Å². The van der Waals surface area contributed by atoms with E-state index >= 15 is 0 Å². The van der Waals surface area contributed by atoms with Crippen molar-refractivity contribution in [3.63, 3.8) is 0 Å². The fraction of sp³-hybridized carbons (Fsp3) is 0.250.